The van der Waals surface area contributed by atoms with Crippen molar-refractivity contribution in [3.8, 4) is 11.3 Å². The molecule has 3 aromatic rings. The molecule has 3 heterocycles. The second-order valence-electron chi connectivity index (χ2n) is 8.23. The van der Waals surface area contributed by atoms with E-state index in [0.29, 0.717) is 35.6 Å². The Morgan fingerprint density at radius 3 is 2.71 bits per heavy atom. The largest absolute Gasteiger partial charge is 0.383 e. The Morgan fingerprint density at radius 1 is 1.26 bits per heavy atom. The van der Waals surface area contributed by atoms with Gasteiger partial charge in [0.05, 0.1) is 11.4 Å². The maximum absolute atomic E-state index is 12.5. The zero-order valence-corrected chi connectivity index (χ0v) is 18.0. The summed E-state index contributed by atoms with van der Waals surface area (Å²) in [7, 11) is 2.10. The molecule has 8 nitrogen and oxygen atoms in total. The first kappa shape index (κ1) is 20.0. The lowest BCUT2D eigenvalue weighted by Gasteiger charge is -2.38. The van der Waals surface area contributed by atoms with Crippen molar-refractivity contribution in [2.75, 3.05) is 32.4 Å². The van der Waals surface area contributed by atoms with Crippen molar-refractivity contribution in [1.82, 2.24) is 29.5 Å². The Balaban J connectivity index is 1.33. The molecule has 2 aromatic heterocycles. The number of aromatic nitrogens is 4. The number of likely N-dealkylation sites (tertiary alicyclic amines) is 1. The Bertz CT molecular complexity index is 1150. The molecule has 1 saturated heterocycles. The van der Waals surface area contributed by atoms with Crippen LogP contribution in [-0.2, 0) is 4.79 Å². The number of fused-ring (bicyclic) bond motifs is 1. The SMILES string of the molecule is CN(CC=CC(=O)N1CC(n2nc(-c3ccc(Cl)cc3)c3c(N)ncnc32)C1)C1CC1. The number of hydrogen-bond acceptors (Lipinski definition) is 6. The molecule has 2 N–H and O–H groups in total. The van der Waals surface area contributed by atoms with Gasteiger partial charge in [0, 0.05) is 42.3 Å². The summed E-state index contributed by atoms with van der Waals surface area (Å²) in [6.45, 7) is 1.98. The predicted octanol–water partition coefficient (Wildman–Crippen LogP) is 2.76. The second-order valence-corrected chi connectivity index (χ2v) is 8.66. The van der Waals surface area contributed by atoms with E-state index in [2.05, 4.69) is 21.9 Å². The molecule has 1 aromatic carbocycles. The van der Waals surface area contributed by atoms with Crippen LogP contribution in [0.4, 0.5) is 5.82 Å². The van der Waals surface area contributed by atoms with Gasteiger partial charge in [-0.3, -0.25) is 9.69 Å². The van der Waals surface area contributed by atoms with Gasteiger partial charge in [0.2, 0.25) is 5.91 Å². The van der Waals surface area contributed by atoms with Crippen LogP contribution in [0.25, 0.3) is 22.3 Å². The Morgan fingerprint density at radius 2 is 2.00 bits per heavy atom. The monoisotopic (exact) mass is 437 g/mol. The molecule has 0 unspecified atom stereocenters. The lowest BCUT2D eigenvalue weighted by molar-refractivity contribution is -0.131. The number of rotatable bonds is 6. The first-order chi connectivity index (χ1) is 15.0. The van der Waals surface area contributed by atoms with E-state index in [9.17, 15) is 4.79 Å². The van der Waals surface area contributed by atoms with E-state index in [4.69, 9.17) is 22.4 Å². The number of hydrogen-bond donors (Lipinski definition) is 1. The molecular formula is C22H24ClN7O. The maximum Gasteiger partial charge on any atom is 0.246 e. The van der Waals surface area contributed by atoms with Gasteiger partial charge < -0.3 is 10.6 Å². The van der Waals surface area contributed by atoms with Crippen molar-refractivity contribution < 1.29 is 4.79 Å². The highest BCUT2D eigenvalue weighted by Gasteiger charge is 2.34. The fourth-order valence-electron chi connectivity index (χ4n) is 3.94. The third-order valence-corrected chi connectivity index (χ3v) is 6.23. The average molecular weight is 438 g/mol. The molecule has 1 aliphatic carbocycles. The standard InChI is InChI=1S/C22H24ClN7O/c1-28(16-8-9-16)10-2-3-18(31)29-11-17(12-29)30-22-19(21(24)25-13-26-22)20(27-30)14-4-6-15(23)7-5-14/h2-7,13,16-17H,8-12H2,1H3,(H2,24,25,26). The summed E-state index contributed by atoms with van der Waals surface area (Å²) in [6.07, 6.45) is 7.59. The third kappa shape index (κ3) is 3.88. The smallest absolute Gasteiger partial charge is 0.246 e. The van der Waals surface area contributed by atoms with Gasteiger partial charge in [0.25, 0.3) is 0 Å². The van der Waals surface area contributed by atoms with Gasteiger partial charge in [-0.25, -0.2) is 14.6 Å². The van der Waals surface area contributed by atoms with Crippen LogP contribution in [-0.4, -0.2) is 68.2 Å². The zero-order chi connectivity index (χ0) is 21.5. The Labute approximate surface area is 185 Å². The first-order valence-electron chi connectivity index (χ1n) is 10.4. The molecule has 5 rings (SSSR count). The highest BCUT2D eigenvalue weighted by molar-refractivity contribution is 6.30. The summed E-state index contributed by atoms with van der Waals surface area (Å²) in [5.41, 5.74) is 8.46. The summed E-state index contributed by atoms with van der Waals surface area (Å²) in [6, 6.07) is 8.17. The first-order valence-corrected chi connectivity index (χ1v) is 10.8. The van der Waals surface area contributed by atoms with Gasteiger partial charge >= 0.3 is 0 Å². The van der Waals surface area contributed by atoms with E-state index in [1.165, 1.54) is 19.2 Å². The minimum atomic E-state index is 0.0315. The topological polar surface area (TPSA) is 93.2 Å². The molecule has 2 fully saturated rings. The number of likely N-dealkylation sites (N-methyl/N-ethyl adjacent to an activating group) is 1. The number of benzene rings is 1. The number of nitrogen functional groups attached to an aromatic ring is 1. The van der Waals surface area contributed by atoms with Crippen molar-refractivity contribution in [3.63, 3.8) is 0 Å². The third-order valence-electron chi connectivity index (χ3n) is 5.98. The van der Waals surface area contributed by atoms with Crippen LogP contribution >= 0.6 is 11.6 Å². The molecule has 1 saturated carbocycles. The molecule has 0 bridgehead atoms. The van der Waals surface area contributed by atoms with Crippen LogP contribution < -0.4 is 5.73 Å². The number of carbonyl (C=O) groups is 1. The van der Waals surface area contributed by atoms with Gasteiger partial charge in [-0.15, -0.1) is 0 Å². The summed E-state index contributed by atoms with van der Waals surface area (Å²) >= 11 is 6.03. The fraction of sp³-hybridized carbons (Fsp3) is 0.364. The lowest BCUT2D eigenvalue weighted by atomic mass is 10.1. The quantitative estimate of drug-likeness (QED) is 0.596. The van der Waals surface area contributed by atoms with Gasteiger partial charge in [0.15, 0.2) is 5.65 Å². The van der Waals surface area contributed by atoms with Crippen LogP contribution in [0, 0.1) is 0 Å². The van der Waals surface area contributed by atoms with E-state index in [0.717, 1.165) is 23.2 Å². The number of carbonyl (C=O) groups excluding carboxylic acids is 1. The predicted molar refractivity (Wildman–Crippen MR) is 121 cm³/mol. The van der Waals surface area contributed by atoms with E-state index in [-0.39, 0.29) is 11.9 Å². The van der Waals surface area contributed by atoms with Gasteiger partial charge in [-0.05, 0) is 32.0 Å². The summed E-state index contributed by atoms with van der Waals surface area (Å²) in [4.78, 5) is 25.2. The van der Waals surface area contributed by atoms with Crippen molar-refractivity contribution in [1.29, 1.82) is 0 Å². The van der Waals surface area contributed by atoms with Crippen molar-refractivity contribution in [2.45, 2.75) is 24.9 Å². The summed E-state index contributed by atoms with van der Waals surface area (Å²) in [5, 5.41) is 6.18. The van der Waals surface area contributed by atoms with Gasteiger partial charge in [0.1, 0.15) is 17.8 Å². The molecule has 0 spiro atoms. The molecule has 0 radical (unpaired) electrons. The second kappa shape index (κ2) is 7.94. The maximum atomic E-state index is 12.5. The fourth-order valence-corrected chi connectivity index (χ4v) is 4.07. The molecule has 9 heteroatoms. The molecule has 1 amide bonds. The number of nitrogens with zero attached hydrogens (tertiary/aromatic N) is 6. The number of nitrogens with two attached hydrogens (primary N) is 1. The van der Waals surface area contributed by atoms with Gasteiger partial charge in [-0.1, -0.05) is 29.8 Å². The molecular weight excluding hydrogens is 414 g/mol. The van der Waals surface area contributed by atoms with E-state index < -0.39 is 0 Å². The van der Waals surface area contributed by atoms with Crippen LogP contribution in [0.5, 0.6) is 0 Å². The number of anilines is 1. The molecule has 160 valence electrons. The minimum Gasteiger partial charge on any atom is -0.383 e. The molecule has 1 aliphatic heterocycles. The Kier molecular flexibility index (Phi) is 5.11. The normalized spacial score (nSPS) is 17.1. The highest BCUT2D eigenvalue weighted by Crippen LogP contribution is 2.34. The molecule has 2 aliphatic rings. The van der Waals surface area contributed by atoms with Crippen molar-refractivity contribution >= 4 is 34.4 Å². The van der Waals surface area contributed by atoms with Crippen LogP contribution in [0.15, 0.2) is 42.7 Å². The van der Waals surface area contributed by atoms with E-state index in [1.54, 1.807) is 6.08 Å². The zero-order valence-electron chi connectivity index (χ0n) is 17.3. The van der Waals surface area contributed by atoms with E-state index in [1.807, 2.05) is 39.9 Å². The summed E-state index contributed by atoms with van der Waals surface area (Å²) < 4.78 is 1.87. The highest BCUT2D eigenvalue weighted by atomic mass is 35.5. The van der Waals surface area contributed by atoms with E-state index >= 15 is 0 Å². The van der Waals surface area contributed by atoms with Crippen LogP contribution in [0.2, 0.25) is 5.02 Å². The molecule has 0 atom stereocenters. The summed E-state index contributed by atoms with van der Waals surface area (Å²) in [5.74, 6) is 0.417. The minimum absolute atomic E-state index is 0.0315. The van der Waals surface area contributed by atoms with Gasteiger partial charge in [-0.2, -0.15) is 5.10 Å². The van der Waals surface area contributed by atoms with Crippen LogP contribution in [0.3, 0.4) is 0 Å². The Hall–Kier alpha value is -2.97. The van der Waals surface area contributed by atoms with Crippen molar-refractivity contribution in [3.05, 3.63) is 47.8 Å². The van der Waals surface area contributed by atoms with Crippen molar-refractivity contribution in [2.24, 2.45) is 0 Å². The number of halogens is 1. The molecule has 31 heavy (non-hydrogen) atoms. The van der Waals surface area contributed by atoms with Crippen LogP contribution in [0.1, 0.15) is 18.9 Å². The lowest BCUT2D eigenvalue weighted by Crippen LogP contribution is -2.50. The average Bonchev–Trinajstić information content (AvgIpc) is 3.50. The number of amides is 1.